The minimum atomic E-state index is -3.89. The van der Waals surface area contributed by atoms with Crippen LogP contribution in [0.25, 0.3) is 0 Å². The monoisotopic (exact) mass is 423 g/mol. The molecule has 0 saturated heterocycles. The molecule has 4 nitrogen and oxygen atoms in total. The van der Waals surface area contributed by atoms with E-state index in [0.717, 1.165) is 5.56 Å². The van der Waals surface area contributed by atoms with Crippen LogP contribution >= 0.6 is 30.9 Å². The van der Waals surface area contributed by atoms with Crippen LogP contribution in [0.15, 0.2) is 66.7 Å². The Bertz CT molecular complexity index is 1060. The van der Waals surface area contributed by atoms with Crippen LogP contribution < -0.4 is 13.7 Å². The number of para-hydroxylation sites is 2. The van der Waals surface area contributed by atoms with Gasteiger partial charge in [0.25, 0.3) is 0 Å². The number of anilines is 1. The second-order valence-corrected chi connectivity index (χ2v) is 8.44. The Labute approximate surface area is 165 Å². The molecule has 0 aliphatic carbocycles. The Hall–Kier alpha value is -2.20. The Kier molecular flexibility index (Phi) is 4.77. The molecule has 0 N–H and O–H groups in total. The molecule has 0 spiro atoms. The van der Waals surface area contributed by atoms with Crippen molar-refractivity contribution in [2.45, 2.75) is 6.54 Å². The van der Waals surface area contributed by atoms with E-state index in [1.54, 1.807) is 36.4 Å². The summed E-state index contributed by atoms with van der Waals surface area (Å²) in [5, 5.41) is 0.211. The average Bonchev–Trinajstić information content (AvgIpc) is 2.65. The van der Waals surface area contributed by atoms with Crippen molar-refractivity contribution in [3.63, 3.8) is 0 Å². The quantitative estimate of drug-likeness (QED) is 0.438. The highest BCUT2D eigenvalue weighted by molar-refractivity contribution is 7.56. The van der Waals surface area contributed by atoms with E-state index in [0.29, 0.717) is 16.5 Å². The molecule has 1 heterocycles. The summed E-state index contributed by atoms with van der Waals surface area (Å²) >= 11 is 12.1. The molecule has 0 unspecified atom stereocenters. The van der Waals surface area contributed by atoms with Crippen LogP contribution in [-0.2, 0) is 11.1 Å². The Morgan fingerprint density at radius 3 is 2.52 bits per heavy atom. The number of benzene rings is 3. The summed E-state index contributed by atoms with van der Waals surface area (Å²) in [6.45, 7) is 0.236. The molecule has 3 aromatic carbocycles. The molecule has 27 heavy (non-hydrogen) atoms. The van der Waals surface area contributed by atoms with Gasteiger partial charge in [-0.15, -0.1) is 0 Å². The number of halogens is 3. The Morgan fingerprint density at radius 1 is 1.00 bits per heavy atom. The molecule has 0 saturated carbocycles. The first-order valence-corrected chi connectivity index (χ1v) is 10.3. The van der Waals surface area contributed by atoms with Crippen molar-refractivity contribution < 1.29 is 18.0 Å². The summed E-state index contributed by atoms with van der Waals surface area (Å²) in [5.41, 5.74) is 1.22. The zero-order chi connectivity index (χ0) is 19.0. The van der Waals surface area contributed by atoms with E-state index in [1.807, 2.05) is 12.1 Å². The van der Waals surface area contributed by atoms with Gasteiger partial charge in [-0.2, -0.15) is 0 Å². The van der Waals surface area contributed by atoms with Gasteiger partial charge in [-0.1, -0.05) is 53.5 Å². The first-order valence-electron chi connectivity index (χ1n) is 8.01. The van der Waals surface area contributed by atoms with Crippen LogP contribution in [0, 0.1) is 5.82 Å². The lowest BCUT2D eigenvalue weighted by Gasteiger charge is -2.36. The van der Waals surface area contributed by atoms with Gasteiger partial charge in [0.05, 0.1) is 22.3 Å². The third kappa shape index (κ3) is 3.51. The number of hydrogen-bond donors (Lipinski definition) is 0. The van der Waals surface area contributed by atoms with Gasteiger partial charge in [0.1, 0.15) is 11.6 Å². The highest BCUT2D eigenvalue weighted by Crippen LogP contribution is 2.58. The predicted molar refractivity (Wildman–Crippen MR) is 104 cm³/mol. The normalized spacial score (nSPS) is 18.6. The molecule has 0 fully saturated rings. The van der Waals surface area contributed by atoms with Crippen LogP contribution in [0.2, 0.25) is 10.0 Å². The van der Waals surface area contributed by atoms with E-state index < -0.39 is 13.6 Å². The summed E-state index contributed by atoms with van der Waals surface area (Å²) in [6, 6.07) is 17.9. The van der Waals surface area contributed by atoms with Crippen LogP contribution in [0.1, 0.15) is 5.56 Å². The smallest absolute Gasteiger partial charge is 0.400 e. The molecular weight excluding hydrogens is 411 g/mol. The van der Waals surface area contributed by atoms with Crippen molar-refractivity contribution in [2.24, 2.45) is 0 Å². The molecule has 1 aliphatic rings. The maximum atomic E-state index is 13.7. The van der Waals surface area contributed by atoms with Gasteiger partial charge in [0.2, 0.25) is 0 Å². The van der Waals surface area contributed by atoms with Gasteiger partial charge in [0.15, 0.2) is 5.75 Å². The summed E-state index contributed by atoms with van der Waals surface area (Å²) < 4.78 is 40.3. The van der Waals surface area contributed by atoms with E-state index >= 15 is 0 Å². The summed E-state index contributed by atoms with van der Waals surface area (Å²) in [7, 11) is -3.89. The van der Waals surface area contributed by atoms with E-state index in [-0.39, 0.29) is 17.3 Å². The SMILES string of the molecule is O=[P@]1(Oc2ccccc2Cl)Oc2ccccc2CN1c1ccc(F)c(Cl)c1. The second kappa shape index (κ2) is 7.08. The summed E-state index contributed by atoms with van der Waals surface area (Å²) in [6.07, 6.45) is 0. The number of hydrogen-bond acceptors (Lipinski definition) is 3. The molecule has 138 valence electrons. The van der Waals surface area contributed by atoms with Gasteiger partial charge >= 0.3 is 7.75 Å². The number of nitrogens with zero attached hydrogens (tertiary/aromatic N) is 1. The fourth-order valence-corrected chi connectivity index (χ4v) is 4.94. The lowest BCUT2D eigenvalue weighted by molar-refractivity contribution is 0.370. The van der Waals surface area contributed by atoms with Gasteiger partial charge in [0, 0.05) is 5.56 Å². The van der Waals surface area contributed by atoms with E-state index in [4.69, 9.17) is 32.2 Å². The van der Waals surface area contributed by atoms with Crippen molar-refractivity contribution in [3.05, 3.63) is 88.2 Å². The standard InChI is InChI=1S/C19H13Cl2FNO3P/c20-15-6-2-4-8-19(15)26-27(24)23(14-9-10-17(22)16(21)11-14)12-13-5-1-3-7-18(13)25-27/h1-11H,12H2/t27-/m0/s1. The predicted octanol–water partition coefficient (Wildman–Crippen LogP) is 6.72. The molecule has 0 radical (unpaired) electrons. The third-order valence-corrected chi connectivity index (χ3v) is 6.47. The number of fused-ring (bicyclic) bond motifs is 1. The van der Waals surface area contributed by atoms with Crippen LogP contribution in [0.3, 0.4) is 0 Å². The van der Waals surface area contributed by atoms with Crippen LogP contribution in [0.4, 0.5) is 10.1 Å². The maximum Gasteiger partial charge on any atom is 0.544 e. The lowest BCUT2D eigenvalue weighted by atomic mass is 10.2. The molecule has 1 aliphatic heterocycles. The first kappa shape index (κ1) is 18.2. The minimum absolute atomic E-state index is 0.0874. The third-order valence-electron chi connectivity index (χ3n) is 4.05. The van der Waals surface area contributed by atoms with Gasteiger partial charge in [-0.05, 0) is 36.4 Å². The van der Waals surface area contributed by atoms with E-state index in [2.05, 4.69) is 0 Å². The fraction of sp³-hybridized carbons (Fsp3) is 0.0526. The molecule has 8 heteroatoms. The van der Waals surface area contributed by atoms with E-state index in [1.165, 1.54) is 22.9 Å². The summed E-state index contributed by atoms with van der Waals surface area (Å²) in [4.78, 5) is 0. The zero-order valence-corrected chi connectivity index (χ0v) is 16.2. The van der Waals surface area contributed by atoms with Gasteiger partial charge in [-0.25, -0.2) is 8.96 Å². The van der Waals surface area contributed by atoms with Gasteiger partial charge < -0.3 is 9.05 Å². The Balaban J connectivity index is 1.81. The van der Waals surface area contributed by atoms with Crippen molar-refractivity contribution in [3.8, 4) is 11.5 Å². The van der Waals surface area contributed by atoms with Crippen LogP contribution in [-0.4, -0.2) is 0 Å². The molecular formula is C19H13Cl2FNO3P. The summed E-state index contributed by atoms with van der Waals surface area (Å²) in [5.74, 6) is 0.109. The largest absolute Gasteiger partial charge is 0.544 e. The lowest BCUT2D eigenvalue weighted by Crippen LogP contribution is -2.29. The topological polar surface area (TPSA) is 38.8 Å². The Morgan fingerprint density at radius 2 is 1.74 bits per heavy atom. The van der Waals surface area contributed by atoms with Crippen molar-refractivity contribution in [2.75, 3.05) is 4.67 Å². The van der Waals surface area contributed by atoms with Gasteiger partial charge in [-0.3, -0.25) is 4.67 Å². The minimum Gasteiger partial charge on any atom is -0.400 e. The second-order valence-electron chi connectivity index (χ2n) is 5.85. The highest BCUT2D eigenvalue weighted by Gasteiger charge is 2.42. The van der Waals surface area contributed by atoms with E-state index in [9.17, 15) is 8.96 Å². The molecule has 4 rings (SSSR count). The fourth-order valence-electron chi connectivity index (χ4n) is 2.73. The van der Waals surface area contributed by atoms with Crippen molar-refractivity contribution >= 4 is 36.6 Å². The van der Waals surface area contributed by atoms with Crippen molar-refractivity contribution in [1.82, 2.24) is 0 Å². The van der Waals surface area contributed by atoms with Crippen molar-refractivity contribution in [1.29, 1.82) is 0 Å². The molecule has 0 aromatic heterocycles. The zero-order valence-electron chi connectivity index (χ0n) is 13.8. The molecule has 0 amide bonds. The molecule has 0 bridgehead atoms. The molecule has 1 atom stereocenters. The maximum absolute atomic E-state index is 13.7. The first-order chi connectivity index (χ1) is 13.0. The molecule has 3 aromatic rings. The highest BCUT2D eigenvalue weighted by atomic mass is 35.5. The average molecular weight is 424 g/mol. The van der Waals surface area contributed by atoms with Crippen LogP contribution in [0.5, 0.6) is 11.5 Å². The number of rotatable bonds is 3.